The second-order valence-corrected chi connectivity index (χ2v) is 7.04. The van der Waals surface area contributed by atoms with Crippen LogP contribution in [0.1, 0.15) is 36.5 Å². The van der Waals surface area contributed by atoms with Crippen molar-refractivity contribution in [1.82, 2.24) is 14.8 Å². The number of nitrogens with one attached hydrogen (secondary N) is 1. The number of aromatic nitrogens is 1. The lowest BCUT2D eigenvalue weighted by atomic mass is 10.1. The second kappa shape index (κ2) is 10.2. The van der Waals surface area contributed by atoms with Gasteiger partial charge in [0.15, 0.2) is 0 Å². The Bertz CT molecular complexity index is 808. The Labute approximate surface area is 165 Å². The monoisotopic (exact) mass is 387 g/mol. The van der Waals surface area contributed by atoms with Crippen molar-refractivity contribution < 1.29 is 13.9 Å². The molecule has 1 aliphatic rings. The summed E-state index contributed by atoms with van der Waals surface area (Å²) < 4.78 is 12.4. The number of unbranched alkanes of at least 4 members (excludes halogenated alkanes) is 1. The lowest BCUT2D eigenvalue weighted by Crippen LogP contribution is -2.38. The van der Waals surface area contributed by atoms with Crippen molar-refractivity contribution in [1.29, 1.82) is 0 Å². The van der Waals surface area contributed by atoms with Gasteiger partial charge < -0.3 is 19.0 Å². The average Bonchev–Trinajstić information content (AvgIpc) is 3.26. The van der Waals surface area contributed by atoms with E-state index in [9.17, 15) is 9.59 Å². The molecule has 0 radical (unpaired) electrons. The first-order chi connectivity index (χ1) is 13.7. The van der Waals surface area contributed by atoms with Crippen LogP contribution >= 0.6 is 0 Å². The predicted molar refractivity (Wildman–Crippen MR) is 108 cm³/mol. The largest absolute Gasteiger partial charge is 0.464 e. The molecule has 1 amide bonds. The molecule has 0 spiro atoms. The first-order valence-corrected chi connectivity index (χ1v) is 10.1. The molecule has 1 N–H and O–H groups in total. The second-order valence-electron chi connectivity index (χ2n) is 7.04. The van der Waals surface area contributed by atoms with Gasteiger partial charge in [-0.15, -0.1) is 0 Å². The molecule has 0 saturated carbocycles. The van der Waals surface area contributed by atoms with Crippen LogP contribution in [-0.2, 0) is 11.3 Å². The number of aryl methyl sites for hydroxylation is 1. The van der Waals surface area contributed by atoms with Crippen molar-refractivity contribution in [3.8, 4) is 11.3 Å². The number of hydrogen-bond donors (Lipinski definition) is 1. The van der Waals surface area contributed by atoms with Crippen LogP contribution in [0.25, 0.3) is 11.3 Å². The van der Waals surface area contributed by atoms with Crippen LogP contribution in [0.2, 0.25) is 0 Å². The maximum absolute atomic E-state index is 12.8. The third kappa shape index (κ3) is 5.33. The number of furan rings is 1. The third-order valence-corrected chi connectivity index (χ3v) is 4.93. The van der Waals surface area contributed by atoms with E-state index in [0.29, 0.717) is 18.8 Å². The van der Waals surface area contributed by atoms with Gasteiger partial charge in [0, 0.05) is 37.9 Å². The van der Waals surface area contributed by atoms with Gasteiger partial charge in [0.05, 0.1) is 19.5 Å². The van der Waals surface area contributed by atoms with Gasteiger partial charge in [-0.2, -0.15) is 0 Å². The first-order valence-electron chi connectivity index (χ1n) is 10.1. The number of amides is 1. The minimum absolute atomic E-state index is 0.163. The number of nitrogens with zero attached hydrogens (tertiary/aromatic N) is 2. The summed E-state index contributed by atoms with van der Waals surface area (Å²) in [5.41, 5.74) is 0.644. The molecule has 0 aliphatic carbocycles. The molecule has 0 atom stereocenters. The fraction of sp³-hybridized carbons (Fsp3) is 0.524. The highest BCUT2D eigenvalue weighted by Crippen LogP contribution is 2.19. The summed E-state index contributed by atoms with van der Waals surface area (Å²) in [4.78, 5) is 27.8. The van der Waals surface area contributed by atoms with E-state index < -0.39 is 0 Å². The molecule has 0 aromatic carbocycles. The van der Waals surface area contributed by atoms with Gasteiger partial charge in [0.2, 0.25) is 0 Å². The fourth-order valence-electron chi connectivity index (χ4n) is 3.30. The third-order valence-electron chi connectivity index (χ3n) is 4.93. The van der Waals surface area contributed by atoms with Crippen molar-refractivity contribution in [3.05, 3.63) is 46.6 Å². The molecule has 1 aliphatic heterocycles. The zero-order chi connectivity index (χ0) is 19.8. The zero-order valence-corrected chi connectivity index (χ0v) is 16.5. The van der Waals surface area contributed by atoms with Crippen molar-refractivity contribution >= 4 is 5.91 Å². The molecule has 1 fully saturated rings. The van der Waals surface area contributed by atoms with Crippen molar-refractivity contribution in [2.75, 3.05) is 39.4 Å². The lowest BCUT2D eigenvalue weighted by molar-refractivity contribution is 0.0374. The maximum atomic E-state index is 12.8. The van der Waals surface area contributed by atoms with Crippen LogP contribution in [0.5, 0.6) is 0 Å². The minimum Gasteiger partial charge on any atom is -0.464 e. The normalized spacial score (nSPS) is 14.9. The Morgan fingerprint density at radius 1 is 1.21 bits per heavy atom. The van der Waals surface area contributed by atoms with Gasteiger partial charge in [-0.05, 0) is 37.6 Å². The molecule has 3 rings (SSSR count). The summed E-state index contributed by atoms with van der Waals surface area (Å²) in [7, 11) is 0. The Kier molecular flexibility index (Phi) is 7.45. The van der Waals surface area contributed by atoms with Gasteiger partial charge in [-0.25, -0.2) is 0 Å². The Morgan fingerprint density at radius 2 is 2.04 bits per heavy atom. The molecule has 28 heavy (non-hydrogen) atoms. The molecule has 7 heteroatoms. The summed E-state index contributed by atoms with van der Waals surface area (Å²) in [5.74, 6) is 0.317. The molecule has 0 unspecified atom stereocenters. The smallest absolute Gasteiger partial charge is 0.263 e. The van der Waals surface area contributed by atoms with E-state index in [1.54, 1.807) is 29.2 Å². The summed E-state index contributed by atoms with van der Waals surface area (Å²) >= 11 is 0. The number of carbonyl (C=O) groups excluding carboxylic acids is 1. The molecular formula is C21H29N3O4. The predicted octanol–water partition coefficient (Wildman–Crippen LogP) is 2.36. The van der Waals surface area contributed by atoms with Crippen molar-refractivity contribution in [3.63, 3.8) is 0 Å². The van der Waals surface area contributed by atoms with Crippen molar-refractivity contribution in [2.24, 2.45) is 0 Å². The van der Waals surface area contributed by atoms with Crippen LogP contribution in [0.4, 0.5) is 0 Å². The molecule has 2 aromatic heterocycles. The quantitative estimate of drug-likeness (QED) is 0.669. The molecule has 7 nitrogen and oxygen atoms in total. The van der Waals surface area contributed by atoms with E-state index in [1.165, 1.54) is 0 Å². The fourth-order valence-corrected chi connectivity index (χ4v) is 3.30. The van der Waals surface area contributed by atoms with Crippen LogP contribution in [-0.4, -0.2) is 54.8 Å². The Hall–Kier alpha value is -2.38. The SMILES string of the molecule is CCCCn1cc(-c2ccco2)cc(C(=O)NCCCN2CCOCC2)c1=O. The van der Waals surface area contributed by atoms with E-state index in [0.717, 1.165) is 57.7 Å². The number of rotatable bonds is 9. The van der Waals surface area contributed by atoms with Gasteiger partial charge in [-0.1, -0.05) is 13.3 Å². The van der Waals surface area contributed by atoms with Gasteiger partial charge >= 0.3 is 0 Å². The standard InChI is InChI=1S/C21H29N3O4/c1-2-3-9-24-16-17(19-6-4-12-28-19)15-18(21(24)26)20(25)22-7-5-8-23-10-13-27-14-11-23/h4,6,12,15-16H,2-3,5,7-11,13-14H2,1H3,(H,22,25). The van der Waals surface area contributed by atoms with Gasteiger partial charge in [-0.3, -0.25) is 14.5 Å². The highest BCUT2D eigenvalue weighted by Gasteiger charge is 2.16. The molecular weight excluding hydrogens is 358 g/mol. The van der Waals surface area contributed by atoms with E-state index in [2.05, 4.69) is 17.1 Å². The van der Waals surface area contributed by atoms with E-state index >= 15 is 0 Å². The van der Waals surface area contributed by atoms with Crippen LogP contribution in [0.3, 0.4) is 0 Å². The van der Waals surface area contributed by atoms with Gasteiger partial charge in [0.25, 0.3) is 11.5 Å². The van der Waals surface area contributed by atoms with Crippen LogP contribution in [0.15, 0.2) is 39.9 Å². The topological polar surface area (TPSA) is 76.7 Å². The number of carbonyl (C=O) groups is 1. The average molecular weight is 387 g/mol. The van der Waals surface area contributed by atoms with E-state index in [1.807, 2.05) is 6.07 Å². The summed E-state index contributed by atoms with van der Waals surface area (Å²) in [6.07, 6.45) is 6.05. The number of ether oxygens (including phenoxy) is 1. The summed E-state index contributed by atoms with van der Waals surface area (Å²) in [5, 5.41) is 2.89. The first kappa shape index (κ1) is 20.4. The van der Waals surface area contributed by atoms with Crippen molar-refractivity contribution in [2.45, 2.75) is 32.7 Å². The molecule has 3 heterocycles. The number of morpholine rings is 1. The highest BCUT2D eigenvalue weighted by molar-refractivity contribution is 5.94. The Morgan fingerprint density at radius 3 is 2.75 bits per heavy atom. The molecule has 0 bridgehead atoms. The van der Waals surface area contributed by atoms with Crippen LogP contribution < -0.4 is 10.9 Å². The molecule has 1 saturated heterocycles. The maximum Gasteiger partial charge on any atom is 0.263 e. The summed E-state index contributed by atoms with van der Waals surface area (Å²) in [6.45, 7) is 7.51. The number of pyridine rings is 1. The zero-order valence-electron chi connectivity index (χ0n) is 16.5. The highest BCUT2D eigenvalue weighted by atomic mass is 16.5. The number of hydrogen-bond acceptors (Lipinski definition) is 5. The van der Waals surface area contributed by atoms with E-state index in [4.69, 9.17) is 9.15 Å². The van der Waals surface area contributed by atoms with E-state index in [-0.39, 0.29) is 17.0 Å². The van der Waals surface area contributed by atoms with Crippen LogP contribution in [0, 0.1) is 0 Å². The lowest BCUT2D eigenvalue weighted by Gasteiger charge is -2.26. The minimum atomic E-state index is -0.328. The molecule has 152 valence electrons. The van der Waals surface area contributed by atoms with Gasteiger partial charge in [0.1, 0.15) is 11.3 Å². The molecule has 2 aromatic rings. The summed E-state index contributed by atoms with van der Waals surface area (Å²) in [6, 6.07) is 5.25. The Balaban J connectivity index is 1.67.